The molecule has 0 radical (unpaired) electrons. The Morgan fingerprint density at radius 3 is 2.65 bits per heavy atom. The van der Waals surface area contributed by atoms with Gasteiger partial charge in [0.15, 0.2) is 0 Å². The van der Waals surface area contributed by atoms with E-state index in [9.17, 15) is 0 Å². The lowest BCUT2D eigenvalue weighted by molar-refractivity contribution is 0.919. The van der Waals surface area contributed by atoms with E-state index >= 15 is 0 Å². The lowest BCUT2D eigenvalue weighted by Gasteiger charge is -2.01. The van der Waals surface area contributed by atoms with E-state index in [1.54, 1.807) is 23.7 Å². The molecular formula is C16H13N3S. The Balaban J connectivity index is 1.80. The van der Waals surface area contributed by atoms with Crippen LogP contribution in [-0.2, 0) is 12.8 Å². The molecule has 98 valence electrons. The predicted molar refractivity (Wildman–Crippen MR) is 81.7 cm³/mol. The van der Waals surface area contributed by atoms with Crippen LogP contribution in [0.2, 0.25) is 0 Å². The van der Waals surface area contributed by atoms with Crippen molar-refractivity contribution in [2.24, 2.45) is 0 Å². The molecule has 0 aliphatic rings. The van der Waals surface area contributed by atoms with Crippen LogP contribution in [-0.4, -0.2) is 15.0 Å². The van der Waals surface area contributed by atoms with Crippen LogP contribution in [0, 0.1) is 0 Å². The second-order valence-electron chi connectivity index (χ2n) is 4.37. The van der Waals surface area contributed by atoms with Gasteiger partial charge < -0.3 is 0 Å². The van der Waals surface area contributed by atoms with E-state index in [1.807, 2.05) is 24.3 Å². The van der Waals surface area contributed by atoms with Crippen molar-refractivity contribution in [2.75, 3.05) is 0 Å². The molecule has 0 saturated heterocycles. The number of nitrogens with zero attached hydrogens (tertiary/aromatic N) is 3. The normalized spacial score (nSPS) is 10.4. The van der Waals surface area contributed by atoms with Crippen molar-refractivity contribution >= 4 is 21.6 Å². The van der Waals surface area contributed by atoms with Gasteiger partial charge >= 0.3 is 0 Å². The molecule has 2 aromatic heterocycles. The van der Waals surface area contributed by atoms with E-state index in [1.165, 1.54) is 4.70 Å². The summed E-state index contributed by atoms with van der Waals surface area (Å²) in [4.78, 5) is 13.1. The summed E-state index contributed by atoms with van der Waals surface area (Å²) in [5, 5.41) is 1.08. The summed E-state index contributed by atoms with van der Waals surface area (Å²) in [7, 11) is 0. The van der Waals surface area contributed by atoms with Gasteiger partial charge in [0.2, 0.25) is 0 Å². The molecule has 0 atom stereocenters. The minimum atomic E-state index is 0.667. The first-order chi connectivity index (χ1) is 9.85. The van der Waals surface area contributed by atoms with E-state index in [0.717, 1.165) is 28.3 Å². The summed E-state index contributed by atoms with van der Waals surface area (Å²) in [5.74, 6) is 0.791. The quantitative estimate of drug-likeness (QED) is 0.685. The van der Waals surface area contributed by atoms with Gasteiger partial charge in [-0.2, -0.15) is 0 Å². The Morgan fingerprint density at radius 1 is 1.10 bits per heavy atom. The van der Waals surface area contributed by atoms with Crippen molar-refractivity contribution in [3.63, 3.8) is 0 Å². The van der Waals surface area contributed by atoms with Crippen LogP contribution in [0.25, 0.3) is 10.2 Å². The average molecular weight is 279 g/mol. The molecule has 3 nitrogen and oxygen atoms in total. The summed E-state index contributed by atoms with van der Waals surface area (Å²) in [6.07, 6.45) is 4.92. The minimum absolute atomic E-state index is 0.667. The number of hydrogen-bond acceptors (Lipinski definition) is 4. The molecule has 0 fully saturated rings. The highest BCUT2D eigenvalue weighted by molar-refractivity contribution is 7.18. The molecule has 3 rings (SSSR count). The van der Waals surface area contributed by atoms with Crippen LogP contribution in [0.1, 0.15) is 10.8 Å². The van der Waals surface area contributed by atoms with Crippen molar-refractivity contribution in [3.8, 4) is 0 Å². The first-order valence-corrected chi connectivity index (χ1v) is 7.15. The van der Waals surface area contributed by atoms with Gasteiger partial charge in [-0.15, -0.1) is 17.1 Å². The summed E-state index contributed by atoms with van der Waals surface area (Å²) in [6.45, 7) is 3.77. The van der Waals surface area contributed by atoms with Crippen LogP contribution in [0.4, 0.5) is 0 Å². The monoisotopic (exact) mass is 279 g/mol. The second kappa shape index (κ2) is 5.78. The van der Waals surface area contributed by atoms with Crippen molar-refractivity contribution in [3.05, 3.63) is 71.4 Å². The second-order valence-corrected chi connectivity index (χ2v) is 5.49. The molecule has 4 heteroatoms. The van der Waals surface area contributed by atoms with E-state index in [-0.39, 0.29) is 0 Å². The molecular weight excluding hydrogens is 266 g/mol. The summed E-state index contributed by atoms with van der Waals surface area (Å²) in [5.41, 5.74) is 5.11. The molecule has 3 aromatic rings. The molecule has 0 amide bonds. The number of thiazole rings is 1. The van der Waals surface area contributed by atoms with Crippen molar-refractivity contribution in [1.82, 2.24) is 15.0 Å². The largest absolute Gasteiger partial charge is 0.241 e. The third-order valence-electron chi connectivity index (χ3n) is 2.94. The van der Waals surface area contributed by atoms with E-state index in [4.69, 9.17) is 0 Å². The lowest BCUT2D eigenvalue weighted by atomic mass is 10.1. The van der Waals surface area contributed by atoms with Crippen LogP contribution < -0.4 is 0 Å². The Bertz CT molecular complexity index is 738. The lowest BCUT2D eigenvalue weighted by Crippen LogP contribution is -1.98. The predicted octanol–water partition coefficient (Wildman–Crippen LogP) is 3.58. The Labute approximate surface area is 121 Å². The van der Waals surface area contributed by atoms with E-state index < -0.39 is 0 Å². The van der Waals surface area contributed by atoms with Gasteiger partial charge in [-0.25, -0.2) is 15.0 Å². The number of allylic oxidation sites excluding steroid dienone is 1. The van der Waals surface area contributed by atoms with Gasteiger partial charge in [0.25, 0.3) is 0 Å². The summed E-state index contributed by atoms with van der Waals surface area (Å²) in [6, 6.07) is 9.98. The molecule has 1 aromatic carbocycles. The number of rotatable bonds is 4. The third-order valence-corrected chi connectivity index (χ3v) is 3.98. The van der Waals surface area contributed by atoms with Crippen LogP contribution >= 0.6 is 11.3 Å². The summed E-state index contributed by atoms with van der Waals surface area (Å²) >= 11 is 1.71. The van der Waals surface area contributed by atoms with Crippen molar-refractivity contribution < 1.29 is 0 Å². The van der Waals surface area contributed by atoms with Gasteiger partial charge in [-0.3, -0.25) is 0 Å². The van der Waals surface area contributed by atoms with Gasteiger partial charge in [-0.1, -0.05) is 18.7 Å². The van der Waals surface area contributed by atoms with E-state index in [2.05, 4.69) is 33.3 Å². The smallest absolute Gasteiger partial charge is 0.132 e. The van der Waals surface area contributed by atoms with Gasteiger partial charge in [0.1, 0.15) is 5.82 Å². The van der Waals surface area contributed by atoms with Crippen LogP contribution in [0.15, 0.2) is 60.6 Å². The zero-order valence-electron chi connectivity index (χ0n) is 10.9. The maximum atomic E-state index is 4.63. The first-order valence-electron chi connectivity index (χ1n) is 6.33. The molecule has 0 spiro atoms. The Hall–Kier alpha value is -2.29. The number of hydrogen-bond donors (Lipinski definition) is 0. The highest BCUT2D eigenvalue weighted by Gasteiger charge is 2.07. The molecule has 0 unspecified atom stereocenters. The highest BCUT2D eigenvalue weighted by atomic mass is 32.1. The summed E-state index contributed by atoms with van der Waals surface area (Å²) < 4.78 is 1.21. The molecule has 0 aliphatic carbocycles. The van der Waals surface area contributed by atoms with E-state index in [0.29, 0.717) is 6.42 Å². The number of para-hydroxylation sites is 1. The highest BCUT2D eigenvalue weighted by Crippen LogP contribution is 2.23. The fourth-order valence-corrected chi connectivity index (χ4v) is 2.99. The average Bonchev–Trinajstić information content (AvgIpc) is 2.90. The standard InChI is InChI=1S/C16H13N3S/c1-2-12(10-15-17-8-5-9-18-15)11-16-19-13-6-3-4-7-14(13)20-16/h3-9H,1,10-11H2. The van der Waals surface area contributed by atoms with Crippen molar-refractivity contribution in [2.45, 2.75) is 12.8 Å². The molecule has 0 aliphatic heterocycles. The third kappa shape index (κ3) is 2.82. The zero-order chi connectivity index (χ0) is 13.8. The Morgan fingerprint density at radius 2 is 1.90 bits per heavy atom. The van der Waals surface area contributed by atoms with Crippen molar-refractivity contribution in [1.29, 1.82) is 0 Å². The number of fused-ring (bicyclic) bond motifs is 1. The minimum Gasteiger partial charge on any atom is -0.241 e. The van der Waals surface area contributed by atoms with Gasteiger partial charge in [-0.05, 0) is 23.8 Å². The maximum absolute atomic E-state index is 4.63. The number of benzene rings is 1. The SMILES string of the molecule is C=C=C(Cc1ncccn1)Cc1nc2ccccc2s1. The molecule has 0 saturated carbocycles. The maximum Gasteiger partial charge on any atom is 0.132 e. The Kier molecular flexibility index (Phi) is 3.68. The fraction of sp³-hybridized carbons (Fsp3) is 0.125. The van der Waals surface area contributed by atoms with Gasteiger partial charge in [0, 0.05) is 25.2 Å². The fourth-order valence-electron chi connectivity index (χ4n) is 1.98. The van der Waals surface area contributed by atoms with Crippen LogP contribution in [0.3, 0.4) is 0 Å². The topological polar surface area (TPSA) is 38.7 Å². The van der Waals surface area contributed by atoms with Gasteiger partial charge in [0.05, 0.1) is 15.2 Å². The molecule has 0 N–H and O–H groups in total. The molecule has 2 heterocycles. The molecule has 0 bridgehead atoms. The molecule has 20 heavy (non-hydrogen) atoms. The van der Waals surface area contributed by atoms with Crippen LogP contribution in [0.5, 0.6) is 0 Å². The zero-order valence-corrected chi connectivity index (χ0v) is 11.7. The first kappa shape index (κ1) is 12.7. The number of aromatic nitrogens is 3.